The monoisotopic (exact) mass is 355 g/mol. The number of ether oxygens (including phenoxy) is 1. The van der Waals surface area contributed by atoms with Gasteiger partial charge < -0.3 is 15.0 Å². The summed E-state index contributed by atoms with van der Waals surface area (Å²) < 4.78 is 4.95. The first kappa shape index (κ1) is 19.4. The van der Waals surface area contributed by atoms with Crippen molar-refractivity contribution in [2.24, 2.45) is 0 Å². The van der Waals surface area contributed by atoms with Crippen molar-refractivity contribution in [2.45, 2.75) is 19.8 Å². The molecule has 1 amide bonds. The first-order chi connectivity index (χ1) is 12.6. The Bertz CT molecular complexity index is 702. The van der Waals surface area contributed by atoms with Crippen molar-refractivity contribution < 1.29 is 14.3 Å². The number of pyridine rings is 1. The molecular weight excluding hydrogens is 330 g/mol. The fraction of sp³-hybridized carbons (Fsp3) is 0.350. The van der Waals surface area contributed by atoms with Gasteiger partial charge in [-0.2, -0.15) is 0 Å². The molecule has 0 spiro atoms. The molecule has 0 fully saturated rings. The second-order valence-corrected chi connectivity index (χ2v) is 5.90. The smallest absolute Gasteiger partial charge is 0.338 e. The van der Waals surface area contributed by atoms with E-state index in [-0.39, 0.29) is 11.9 Å². The molecule has 0 aliphatic heterocycles. The highest BCUT2D eigenvalue weighted by Gasteiger charge is 2.09. The maximum atomic E-state index is 12.2. The largest absolute Gasteiger partial charge is 0.462 e. The Morgan fingerprint density at radius 1 is 1.12 bits per heavy atom. The normalized spacial score (nSPS) is 10.2. The lowest BCUT2D eigenvalue weighted by Gasteiger charge is -2.17. The minimum Gasteiger partial charge on any atom is -0.462 e. The SMILES string of the molecule is CCOC(=O)c1ccc(NCCC(=O)N(C)CCc2ccncc2)cc1. The molecule has 6 heteroatoms. The van der Waals surface area contributed by atoms with Crippen LogP contribution in [-0.2, 0) is 16.0 Å². The number of carbonyl (C=O) groups is 2. The van der Waals surface area contributed by atoms with Gasteiger partial charge in [-0.05, 0) is 55.3 Å². The van der Waals surface area contributed by atoms with E-state index >= 15 is 0 Å². The van der Waals surface area contributed by atoms with E-state index in [2.05, 4.69) is 10.3 Å². The van der Waals surface area contributed by atoms with Gasteiger partial charge in [-0.3, -0.25) is 9.78 Å². The van der Waals surface area contributed by atoms with Crippen molar-refractivity contribution in [1.29, 1.82) is 0 Å². The summed E-state index contributed by atoms with van der Waals surface area (Å²) in [6.07, 6.45) is 4.74. The molecule has 2 aromatic rings. The lowest BCUT2D eigenvalue weighted by atomic mass is 10.2. The highest BCUT2D eigenvalue weighted by molar-refractivity contribution is 5.89. The summed E-state index contributed by atoms with van der Waals surface area (Å²) in [5.41, 5.74) is 2.55. The van der Waals surface area contributed by atoms with Gasteiger partial charge in [-0.15, -0.1) is 0 Å². The Labute approximate surface area is 154 Å². The predicted molar refractivity (Wildman–Crippen MR) is 101 cm³/mol. The number of nitrogens with one attached hydrogen (secondary N) is 1. The zero-order valence-corrected chi connectivity index (χ0v) is 15.3. The molecule has 0 atom stereocenters. The number of amides is 1. The number of nitrogens with zero attached hydrogens (tertiary/aromatic N) is 2. The van der Waals surface area contributed by atoms with Crippen LogP contribution in [0.2, 0.25) is 0 Å². The van der Waals surface area contributed by atoms with Gasteiger partial charge in [0.25, 0.3) is 0 Å². The average molecular weight is 355 g/mol. The molecule has 26 heavy (non-hydrogen) atoms. The van der Waals surface area contributed by atoms with Gasteiger partial charge in [0.15, 0.2) is 0 Å². The van der Waals surface area contributed by atoms with E-state index in [0.717, 1.165) is 12.1 Å². The van der Waals surface area contributed by atoms with E-state index in [1.807, 2.05) is 31.3 Å². The highest BCUT2D eigenvalue weighted by atomic mass is 16.5. The molecule has 0 aliphatic carbocycles. The van der Waals surface area contributed by atoms with Crippen LogP contribution in [0.3, 0.4) is 0 Å². The van der Waals surface area contributed by atoms with Crippen molar-refractivity contribution >= 4 is 17.6 Å². The van der Waals surface area contributed by atoms with E-state index in [1.165, 1.54) is 5.56 Å². The number of hydrogen-bond donors (Lipinski definition) is 1. The number of benzene rings is 1. The van der Waals surface area contributed by atoms with Gasteiger partial charge in [-0.25, -0.2) is 4.79 Å². The standard InChI is InChI=1S/C20H25N3O3/c1-3-26-20(25)17-4-6-18(7-5-17)22-14-10-19(24)23(2)15-11-16-8-12-21-13-9-16/h4-9,12-13,22H,3,10-11,14-15H2,1-2H3. The van der Waals surface area contributed by atoms with Crippen LogP contribution < -0.4 is 5.32 Å². The van der Waals surface area contributed by atoms with E-state index in [9.17, 15) is 9.59 Å². The first-order valence-corrected chi connectivity index (χ1v) is 8.74. The van der Waals surface area contributed by atoms with E-state index in [0.29, 0.717) is 31.7 Å². The van der Waals surface area contributed by atoms with Crippen LogP contribution in [0.4, 0.5) is 5.69 Å². The Hall–Kier alpha value is -2.89. The Morgan fingerprint density at radius 2 is 1.81 bits per heavy atom. The highest BCUT2D eigenvalue weighted by Crippen LogP contribution is 2.11. The van der Waals surface area contributed by atoms with Crippen LogP contribution in [0.1, 0.15) is 29.3 Å². The Balaban J connectivity index is 1.71. The van der Waals surface area contributed by atoms with Crippen molar-refractivity contribution in [1.82, 2.24) is 9.88 Å². The van der Waals surface area contributed by atoms with Gasteiger partial charge in [-0.1, -0.05) is 0 Å². The summed E-state index contributed by atoms with van der Waals surface area (Å²) in [5, 5.41) is 3.19. The molecule has 0 saturated heterocycles. The minimum atomic E-state index is -0.329. The third-order valence-corrected chi connectivity index (χ3v) is 3.98. The van der Waals surface area contributed by atoms with E-state index < -0.39 is 0 Å². The van der Waals surface area contributed by atoms with Crippen molar-refractivity contribution in [2.75, 3.05) is 32.1 Å². The van der Waals surface area contributed by atoms with Crippen LogP contribution in [0.25, 0.3) is 0 Å². The summed E-state index contributed by atoms with van der Waals surface area (Å²) >= 11 is 0. The number of carbonyl (C=O) groups excluding carboxylic acids is 2. The molecule has 1 aromatic heterocycles. The lowest BCUT2D eigenvalue weighted by molar-refractivity contribution is -0.129. The van der Waals surface area contributed by atoms with E-state index in [1.54, 1.807) is 36.4 Å². The van der Waals surface area contributed by atoms with Crippen LogP contribution >= 0.6 is 0 Å². The fourth-order valence-electron chi connectivity index (χ4n) is 2.41. The topological polar surface area (TPSA) is 71.5 Å². The number of hydrogen-bond acceptors (Lipinski definition) is 5. The quantitative estimate of drug-likeness (QED) is 0.700. The predicted octanol–water partition coefficient (Wildman–Crippen LogP) is 2.76. The summed E-state index contributed by atoms with van der Waals surface area (Å²) in [7, 11) is 1.82. The minimum absolute atomic E-state index is 0.0923. The Kier molecular flexibility index (Phi) is 7.61. The van der Waals surface area contributed by atoms with E-state index in [4.69, 9.17) is 4.74 Å². The third-order valence-electron chi connectivity index (χ3n) is 3.98. The molecule has 0 aliphatic rings. The van der Waals surface area contributed by atoms with Gasteiger partial charge >= 0.3 is 5.97 Å². The molecule has 2 rings (SSSR count). The molecule has 1 N–H and O–H groups in total. The molecule has 138 valence electrons. The maximum Gasteiger partial charge on any atom is 0.338 e. The third kappa shape index (κ3) is 6.20. The average Bonchev–Trinajstić information content (AvgIpc) is 2.67. The molecule has 0 bridgehead atoms. The zero-order chi connectivity index (χ0) is 18.8. The Morgan fingerprint density at radius 3 is 2.46 bits per heavy atom. The van der Waals surface area contributed by atoms with Gasteiger partial charge in [0.2, 0.25) is 5.91 Å². The summed E-state index contributed by atoms with van der Waals surface area (Å²) in [6, 6.07) is 11.0. The number of likely N-dealkylation sites (N-methyl/N-ethyl adjacent to an activating group) is 1. The molecule has 0 unspecified atom stereocenters. The summed E-state index contributed by atoms with van der Waals surface area (Å²) in [6.45, 7) is 3.35. The molecule has 1 aromatic carbocycles. The number of aromatic nitrogens is 1. The summed E-state index contributed by atoms with van der Waals surface area (Å²) in [4.78, 5) is 29.5. The second-order valence-electron chi connectivity index (χ2n) is 5.90. The fourth-order valence-corrected chi connectivity index (χ4v) is 2.41. The molecule has 6 nitrogen and oxygen atoms in total. The van der Waals surface area contributed by atoms with Crippen LogP contribution in [0.15, 0.2) is 48.8 Å². The summed E-state index contributed by atoms with van der Waals surface area (Å²) in [5.74, 6) is -0.236. The molecule has 0 radical (unpaired) electrons. The van der Waals surface area contributed by atoms with Gasteiger partial charge in [0.1, 0.15) is 0 Å². The molecular formula is C20H25N3O3. The molecule has 0 saturated carbocycles. The van der Waals surface area contributed by atoms with Crippen LogP contribution in [-0.4, -0.2) is 48.5 Å². The van der Waals surface area contributed by atoms with Gasteiger partial charge in [0.05, 0.1) is 12.2 Å². The first-order valence-electron chi connectivity index (χ1n) is 8.74. The zero-order valence-electron chi connectivity index (χ0n) is 15.3. The molecule has 1 heterocycles. The van der Waals surface area contributed by atoms with Crippen molar-refractivity contribution in [3.05, 3.63) is 59.9 Å². The van der Waals surface area contributed by atoms with Crippen molar-refractivity contribution in [3.63, 3.8) is 0 Å². The van der Waals surface area contributed by atoms with Crippen molar-refractivity contribution in [3.8, 4) is 0 Å². The van der Waals surface area contributed by atoms with Gasteiger partial charge in [0, 0.05) is 44.6 Å². The lowest BCUT2D eigenvalue weighted by Crippen LogP contribution is -2.30. The number of rotatable bonds is 9. The second kappa shape index (κ2) is 10.2. The maximum absolute atomic E-state index is 12.2. The number of esters is 1. The van der Waals surface area contributed by atoms with Crippen LogP contribution in [0, 0.1) is 0 Å². The van der Waals surface area contributed by atoms with Crippen LogP contribution in [0.5, 0.6) is 0 Å². The number of anilines is 1.